The minimum Gasteiger partial charge on any atom is -0.508 e. The lowest BCUT2D eigenvalue weighted by atomic mass is 9.86. The molecule has 178 valence electrons. The molecule has 1 aromatic carbocycles. The first-order valence-corrected chi connectivity index (χ1v) is 12.9. The number of esters is 1. The summed E-state index contributed by atoms with van der Waals surface area (Å²) in [5.41, 5.74) is 0.667. The van der Waals surface area contributed by atoms with Gasteiger partial charge >= 0.3 is 5.97 Å². The molecule has 0 fully saturated rings. The molecule has 1 N–H and O–H groups in total. The van der Waals surface area contributed by atoms with Crippen LogP contribution in [0.25, 0.3) is 0 Å². The van der Waals surface area contributed by atoms with E-state index in [0.717, 1.165) is 18.4 Å². The summed E-state index contributed by atoms with van der Waals surface area (Å²) >= 11 is 0. The molecule has 0 saturated carbocycles. The van der Waals surface area contributed by atoms with Gasteiger partial charge < -0.3 is 9.84 Å². The highest BCUT2D eigenvalue weighted by atomic mass is 16.5. The van der Waals surface area contributed by atoms with Gasteiger partial charge in [0.1, 0.15) is 11.5 Å². The van der Waals surface area contributed by atoms with Crippen LogP contribution < -0.4 is 4.74 Å². The second kappa shape index (κ2) is 16.2. The minimum absolute atomic E-state index is 0.175. The summed E-state index contributed by atoms with van der Waals surface area (Å²) in [5, 5.41) is 9.75. The molecule has 31 heavy (non-hydrogen) atoms. The Morgan fingerprint density at radius 1 is 0.774 bits per heavy atom. The zero-order valence-corrected chi connectivity index (χ0v) is 20.8. The molecule has 0 aliphatic heterocycles. The van der Waals surface area contributed by atoms with Crippen LogP contribution in [0, 0.1) is 0 Å². The maximum absolute atomic E-state index is 12.2. The van der Waals surface area contributed by atoms with Crippen molar-refractivity contribution in [2.75, 3.05) is 0 Å². The normalized spacial score (nSPS) is 11.6. The predicted molar refractivity (Wildman–Crippen MR) is 132 cm³/mol. The van der Waals surface area contributed by atoms with Crippen molar-refractivity contribution in [2.24, 2.45) is 0 Å². The van der Waals surface area contributed by atoms with Crippen LogP contribution in [0.5, 0.6) is 11.5 Å². The lowest BCUT2D eigenvalue weighted by Gasteiger charge is -2.22. The molecule has 0 aromatic heterocycles. The van der Waals surface area contributed by atoms with E-state index in [4.69, 9.17) is 4.74 Å². The van der Waals surface area contributed by atoms with Crippen molar-refractivity contribution in [1.82, 2.24) is 0 Å². The fourth-order valence-electron chi connectivity index (χ4n) is 4.01. The molecule has 3 heteroatoms. The maximum atomic E-state index is 12.2. The third-order valence-corrected chi connectivity index (χ3v) is 5.98. The highest BCUT2D eigenvalue weighted by molar-refractivity contribution is 5.73. The molecule has 0 aliphatic rings. The van der Waals surface area contributed by atoms with Crippen molar-refractivity contribution in [3.8, 4) is 11.5 Å². The number of ether oxygens (including phenoxy) is 1. The van der Waals surface area contributed by atoms with Crippen molar-refractivity contribution in [3.05, 3.63) is 23.8 Å². The largest absolute Gasteiger partial charge is 0.508 e. The molecule has 0 heterocycles. The Kier molecular flexibility index (Phi) is 14.4. The highest BCUT2D eigenvalue weighted by Crippen LogP contribution is 2.34. The molecule has 0 amide bonds. The molecule has 0 bridgehead atoms. The van der Waals surface area contributed by atoms with E-state index in [0.29, 0.717) is 12.2 Å². The Balaban J connectivity index is 2.02. The number of aromatic hydroxyl groups is 1. The number of unbranched alkanes of at least 4 members (excludes halogenated alkanes) is 14. The Morgan fingerprint density at radius 2 is 1.23 bits per heavy atom. The molecular formula is C28H48O3. The summed E-state index contributed by atoms with van der Waals surface area (Å²) in [6, 6.07) is 4.96. The second-order valence-electron chi connectivity index (χ2n) is 10.1. The first-order chi connectivity index (χ1) is 14.8. The number of phenols is 1. The van der Waals surface area contributed by atoms with Gasteiger partial charge in [-0.05, 0) is 30.0 Å². The van der Waals surface area contributed by atoms with Gasteiger partial charge in [0.15, 0.2) is 0 Å². The van der Waals surface area contributed by atoms with Crippen LogP contribution in [0.3, 0.4) is 0 Å². The Bertz CT molecular complexity index is 601. The SMILES string of the molecule is CCCCCCCCCCCCCCCCCC(=O)Oc1ccc(O)cc1C(C)(C)C. The van der Waals surface area contributed by atoms with Crippen LogP contribution in [-0.4, -0.2) is 11.1 Å². The summed E-state index contributed by atoms with van der Waals surface area (Å²) in [6.07, 6.45) is 20.2. The first-order valence-electron chi connectivity index (χ1n) is 12.9. The average Bonchev–Trinajstić information content (AvgIpc) is 2.71. The highest BCUT2D eigenvalue weighted by Gasteiger charge is 2.21. The second-order valence-corrected chi connectivity index (χ2v) is 10.1. The Hall–Kier alpha value is -1.51. The maximum Gasteiger partial charge on any atom is 0.311 e. The van der Waals surface area contributed by atoms with Gasteiger partial charge in [-0.25, -0.2) is 0 Å². The number of hydrogen-bond donors (Lipinski definition) is 1. The molecule has 0 saturated heterocycles. The van der Waals surface area contributed by atoms with Gasteiger partial charge in [-0.1, -0.05) is 118 Å². The van der Waals surface area contributed by atoms with Gasteiger partial charge in [0, 0.05) is 12.0 Å². The zero-order valence-electron chi connectivity index (χ0n) is 20.8. The van der Waals surface area contributed by atoms with E-state index in [1.807, 2.05) is 20.8 Å². The predicted octanol–water partition coefficient (Wildman–Crippen LogP) is 8.86. The van der Waals surface area contributed by atoms with Crippen molar-refractivity contribution >= 4 is 5.97 Å². The van der Waals surface area contributed by atoms with Crippen molar-refractivity contribution in [2.45, 2.75) is 136 Å². The van der Waals surface area contributed by atoms with E-state index >= 15 is 0 Å². The smallest absolute Gasteiger partial charge is 0.311 e. The fourth-order valence-corrected chi connectivity index (χ4v) is 4.01. The number of rotatable bonds is 17. The molecule has 1 rings (SSSR count). The lowest BCUT2D eigenvalue weighted by molar-refractivity contribution is -0.134. The van der Waals surface area contributed by atoms with Crippen LogP contribution in [0.4, 0.5) is 0 Å². The molecule has 3 nitrogen and oxygen atoms in total. The van der Waals surface area contributed by atoms with E-state index in [-0.39, 0.29) is 17.1 Å². The van der Waals surface area contributed by atoms with Gasteiger partial charge in [-0.15, -0.1) is 0 Å². The summed E-state index contributed by atoms with van der Waals surface area (Å²) in [7, 11) is 0. The summed E-state index contributed by atoms with van der Waals surface area (Å²) in [4.78, 5) is 12.2. The third kappa shape index (κ3) is 13.5. The lowest BCUT2D eigenvalue weighted by Crippen LogP contribution is -2.16. The van der Waals surface area contributed by atoms with E-state index < -0.39 is 0 Å². The van der Waals surface area contributed by atoms with Gasteiger partial charge in [0.25, 0.3) is 0 Å². The number of phenolic OH excluding ortho intramolecular Hbond substituents is 1. The number of benzene rings is 1. The minimum atomic E-state index is -0.191. The average molecular weight is 433 g/mol. The van der Waals surface area contributed by atoms with Gasteiger partial charge in [-0.2, -0.15) is 0 Å². The van der Waals surface area contributed by atoms with Gasteiger partial charge in [0.2, 0.25) is 0 Å². The third-order valence-electron chi connectivity index (χ3n) is 5.98. The monoisotopic (exact) mass is 432 g/mol. The van der Waals surface area contributed by atoms with E-state index in [1.165, 1.54) is 83.5 Å². The molecule has 1 aromatic rings. The van der Waals surface area contributed by atoms with Gasteiger partial charge in [0.05, 0.1) is 0 Å². The quantitative estimate of drug-likeness (QED) is 0.152. The van der Waals surface area contributed by atoms with E-state index in [2.05, 4.69) is 6.92 Å². The molecule has 0 spiro atoms. The van der Waals surface area contributed by atoms with Crippen molar-refractivity contribution < 1.29 is 14.6 Å². The zero-order chi connectivity index (χ0) is 23.0. The van der Waals surface area contributed by atoms with E-state index in [1.54, 1.807) is 18.2 Å². The fraction of sp³-hybridized carbons (Fsp3) is 0.750. The number of carbonyl (C=O) groups excluding carboxylic acids is 1. The van der Waals surface area contributed by atoms with E-state index in [9.17, 15) is 9.90 Å². The number of carbonyl (C=O) groups is 1. The summed E-state index contributed by atoms with van der Waals surface area (Å²) in [5.74, 6) is 0.592. The Labute approximate surface area is 192 Å². The van der Waals surface area contributed by atoms with Crippen LogP contribution in [0.15, 0.2) is 18.2 Å². The number of hydrogen-bond acceptors (Lipinski definition) is 3. The van der Waals surface area contributed by atoms with Crippen LogP contribution in [0.1, 0.15) is 136 Å². The standard InChI is InChI=1S/C28H48O3/c1-5-6-7-8-9-10-11-12-13-14-15-16-17-18-19-20-27(30)31-26-22-21-24(29)23-25(26)28(2,3)4/h21-23,29H,5-20H2,1-4H3. The van der Waals surface area contributed by atoms with Crippen LogP contribution >= 0.6 is 0 Å². The molecule has 0 aliphatic carbocycles. The molecule has 0 radical (unpaired) electrons. The van der Waals surface area contributed by atoms with Crippen molar-refractivity contribution in [1.29, 1.82) is 0 Å². The van der Waals surface area contributed by atoms with Crippen molar-refractivity contribution in [3.63, 3.8) is 0 Å². The topological polar surface area (TPSA) is 46.5 Å². The van der Waals surface area contributed by atoms with Gasteiger partial charge in [-0.3, -0.25) is 4.79 Å². The first kappa shape index (κ1) is 27.5. The van der Waals surface area contributed by atoms with Crippen LogP contribution in [-0.2, 0) is 10.2 Å². The Morgan fingerprint density at radius 3 is 1.68 bits per heavy atom. The molecule has 0 atom stereocenters. The molecule has 0 unspecified atom stereocenters. The summed E-state index contributed by atoms with van der Waals surface area (Å²) < 4.78 is 5.60. The van der Waals surface area contributed by atoms with Crippen LogP contribution in [0.2, 0.25) is 0 Å². The molecular weight excluding hydrogens is 384 g/mol. The summed E-state index contributed by atoms with van der Waals surface area (Å²) in [6.45, 7) is 8.42.